The molecule has 1 rings (SSSR count). The highest BCUT2D eigenvalue weighted by molar-refractivity contribution is 5.93. The minimum atomic E-state index is -0.400. The van der Waals surface area contributed by atoms with Gasteiger partial charge in [-0.2, -0.15) is 0 Å². The molecule has 0 heterocycles. The van der Waals surface area contributed by atoms with Crippen molar-refractivity contribution < 1.29 is 9.53 Å². The summed E-state index contributed by atoms with van der Waals surface area (Å²) in [7, 11) is 1.72. The number of carbonyl (C=O) groups excluding carboxylic acids is 1. The van der Waals surface area contributed by atoms with Crippen LogP contribution in [0.2, 0.25) is 0 Å². The number of primary amides is 1. The number of methoxy groups -OCH3 is 1. The molecule has 3 N–H and O–H groups in total. The van der Waals surface area contributed by atoms with Gasteiger partial charge in [0.15, 0.2) is 0 Å². The van der Waals surface area contributed by atoms with Crippen LogP contribution < -0.4 is 11.1 Å². The molecule has 1 amide bonds. The lowest BCUT2D eigenvalue weighted by atomic mass is 9.99. The maximum Gasteiger partial charge on any atom is 0.248 e. The normalized spacial score (nSPS) is 13.1. The largest absolute Gasteiger partial charge is 0.382 e. The van der Waals surface area contributed by atoms with Crippen LogP contribution in [0.25, 0.3) is 0 Å². The van der Waals surface area contributed by atoms with Crippen LogP contribution in [0.3, 0.4) is 0 Å². The second-order valence-corrected chi connectivity index (χ2v) is 5.61. The Morgan fingerprint density at radius 2 is 2.11 bits per heavy atom. The molecular weight excluding hydrogens is 240 g/mol. The van der Waals surface area contributed by atoms with E-state index in [0.717, 1.165) is 17.7 Å². The first kappa shape index (κ1) is 15.5. The standard InChI is InChI=1S/C15H24N2O2/c1-10-8-12(14(16)18)6-7-13(10)17-11(2)9-15(3,4)19-5/h6-8,11,17H,9H2,1-5H3,(H2,16,18). The Labute approximate surface area is 115 Å². The van der Waals surface area contributed by atoms with E-state index in [1.807, 2.05) is 13.0 Å². The van der Waals surface area contributed by atoms with Crippen LogP contribution in [0.4, 0.5) is 5.69 Å². The van der Waals surface area contributed by atoms with Gasteiger partial charge in [0, 0.05) is 24.4 Å². The van der Waals surface area contributed by atoms with E-state index in [2.05, 4.69) is 26.1 Å². The van der Waals surface area contributed by atoms with Crippen LogP contribution >= 0.6 is 0 Å². The number of hydrogen-bond donors (Lipinski definition) is 2. The predicted molar refractivity (Wildman–Crippen MR) is 78.5 cm³/mol. The second kappa shape index (κ2) is 6.06. The van der Waals surface area contributed by atoms with Crippen LogP contribution in [0.15, 0.2) is 18.2 Å². The third kappa shape index (κ3) is 4.56. The number of ether oxygens (including phenoxy) is 1. The lowest BCUT2D eigenvalue weighted by molar-refractivity contribution is 0.0128. The summed E-state index contributed by atoms with van der Waals surface area (Å²) in [6.45, 7) is 8.20. The van der Waals surface area contributed by atoms with E-state index in [1.54, 1.807) is 19.2 Å². The number of nitrogens with two attached hydrogens (primary N) is 1. The fourth-order valence-corrected chi connectivity index (χ4v) is 2.12. The highest BCUT2D eigenvalue weighted by Crippen LogP contribution is 2.21. The lowest BCUT2D eigenvalue weighted by Crippen LogP contribution is -2.31. The molecule has 4 nitrogen and oxygen atoms in total. The molecular formula is C15H24N2O2. The molecule has 0 aliphatic rings. The first-order chi connectivity index (χ1) is 8.75. The van der Waals surface area contributed by atoms with Gasteiger partial charge >= 0.3 is 0 Å². The average Bonchev–Trinajstić information content (AvgIpc) is 2.30. The fourth-order valence-electron chi connectivity index (χ4n) is 2.12. The first-order valence-corrected chi connectivity index (χ1v) is 6.47. The Kier molecular flexibility index (Phi) is 4.95. The highest BCUT2D eigenvalue weighted by atomic mass is 16.5. The van der Waals surface area contributed by atoms with E-state index in [-0.39, 0.29) is 11.6 Å². The maximum atomic E-state index is 11.1. The molecule has 0 aliphatic carbocycles. The molecule has 0 radical (unpaired) electrons. The number of carbonyl (C=O) groups is 1. The third-order valence-corrected chi connectivity index (χ3v) is 3.26. The summed E-state index contributed by atoms with van der Waals surface area (Å²) < 4.78 is 5.43. The topological polar surface area (TPSA) is 64.3 Å². The summed E-state index contributed by atoms with van der Waals surface area (Å²) in [4.78, 5) is 11.1. The molecule has 0 aliphatic heterocycles. The molecule has 106 valence electrons. The molecule has 1 atom stereocenters. The van der Waals surface area contributed by atoms with Crippen LogP contribution in [-0.4, -0.2) is 24.7 Å². The van der Waals surface area contributed by atoms with E-state index in [1.165, 1.54) is 0 Å². The zero-order chi connectivity index (χ0) is 14.6. The van der Waals surface area contributed by atoms with E-state index in [0.29, 0.717) is 5.56 Å². The van der Waals surface area contributed by atoms with Gasteiger partial charge < -0.3 is 15.8 Å². The summed E-state index contributed by atoms with van der Waals surface area (Å²) >= 11 is 0. The fraction of sp³-hybridized carbons (Fsp3) is 0.533. The van der Waals surface area contributed by atoms with Crippen molar-refractivity contribution in [2.45, 2.75) is 45.8 Å². The number of aryl methyl sites for hydroxylation is 1. The molecule has 19 heavy (non-hydrogen) atoms. The molecule has 0 spiro atoms. The van der Waals surface area contributed by atoms with Gasteiger partial charge in [0.25, 0.3) is 0 Å². The SMILES string of the molecule is COC(C)(C)CC(C)Nc1ccc(C(N)=O)cc1C. The van der Waals surface area contributed by atoms with E-state index >= 15 is 0 Å². The number of rotatable bonds is 6. The van der Waals surface area contributed by atoms with E-state index in [4.69, 9.17) is 10.5 Å². The summed E-state index contributed by atoms with van der Waals surface area (Å²) in [6, 6.07) is 5.71. The number of hydrogen-bond acceptors (Lipinski definition) is 3. The molecule has 4 heteroatoms. The molecule has 0 saturated carbocycles. The second-order valence-electron chi connectivity index (χ2n) is 5.61. The zero-order valence-corrected chi connectivity index (χ0v) is 12.4. The highest BCUT2D eigenvalue weighted by Gasteiger charge is 2.20. The molecule has 0 bridgehead atoms. The van der Waals surface area contributed by atoms with Crippen LogP contribution in [0.5, 0.6) is 0 Å². The minimum Gasteiger partial charge on any atom is -0.382 e. The average molecular weight is 264 g/mol. The summed E-state index contributed by atoms with van der Waals surface area (Å²) in [6.07, 6.45) is 0.889. The third-order valence-electron chi connectivity index (χ3n) is 3.26. The quantitative estimate of drug-likeness (QED) is 0.830. The monoisotopic (exact) mass is 264 g/mol. The molecule has 1 aromatic rings. The van der Waals surface area contributed by atoms with Crippen LogP contribution in [0, 0.1) is 6.92 Å². The molecule has 1 aromatic carbocycles. The summed E-state index contributed by atoms with van der Waals surface area (Å²) in [5, 5.41) is 3.43. The predicted octanol–water partition coefficient (Wildman–Crippen LogP) is 2.71. The van der Waals surface area contributed by atoms with Crippen molar-refractivity contribution in [2.24, 2.45) is 5.73 Å². The van der Waals surface area contributed by atoms with Gasteiger partial charge in [-0.05, 0) is 57.9 Å². The smallest absolute Gasteiger partial charge is 0.248 e. The molecule has 0 aromatic heterocycles. The molecule has 0 saturated heterocycles. The van der Waals surface area contributed by atoms with Crippen LogP contribution in [0.1, 0.15) is 43.1 Å². The van der Waals surface area contributed by atoms with Gasteiger partial charge in [0.05, 0.1) is 5.60 Å². The molecule has 1 unspecified atom stereocenters. The Balaban J connectivity index is 2.75. The first-order valence-electron chi connectivity index (χ1n) is 6.47. The molecule has 0 fully saturated rings. The Morgan fingerprint density at radius 3 is 2.58 bits per heavy atom. The van der Waals surface area contributed by atoms with Gasteiger partial charge in [0.2, 0.25) is 5.91 Å². The lowest BCUT2D eigenvalue weighted by Gasteiger charge is -2.28. The van der Waals surface area contributed by atoms with Crippen molar-refractivity contribution in [1.82, 2.24) is 0 Å². The van der Waals surface area contributed by atoms with Crippen molar-refractivity contribution in [1.29, 1.82) is 0 Å². The van der Waals surface area contributed by atoms with Gasteiger partial charge in [-0.15, -0.1) is 0 Å². The van der Waals surface area contributed by atoms with Gasteiger partial charge in [0.1, 0.15) is 0 Å². The number of anilines is 1. The van der Waals surface area contributed by atoms with E-state index < -0.39 is 5.91 Å². The van der Waals surface area contributed by atoms with E-state index in [9.17, 15) is 4.79 Å². The number of amides is 1. The van der Waals surface area contributed by atoms with Gasteiger partial charge in [-0.1, -0.05) is 0 Å². The van der Waals surface area contributed by atoms with Crippen molar-refractivity contribution in [3.05, 3.63) is 29.3 Å². The number of benzene rings is 1. The van der Waals surface area contributed by atoms with Crippen molar-refractivity contribution >= 4 is 11.6 Å². The maximum absolute atomic E-state index is 11.1. The van der Waals surface area contributed by atoms with Gasteiger partial charge in [-0.3, -0.25) is 4.79 Å². The Morgan fingerprint density at radius 1 is 1.47 bits per heavy atom. The minimum absolute atomic E-state index is 0.159. The van der Waals surface area contributed by atoms with Crippen LogP contribution in [-0.2, 0) is 4.74 Å². The Bertz CT molecular complexity index is 455. The summed E-state index contributed by atoms with van der Waals surface area (Å²) in [5.74, 6) is -0.400. The van der Waals surface area contributed by atoms with Crippen molar-refractivity contribution in [3.8, 4) is 0 Å². The van der Waals surface area contributed by atoms with Crippen molar-refractivity contribution in [2.75, 3.05) is 12.4 Å². The summed E-state index contributed by atoms with van der Waals surface area (Å²) in [5.41, 5.74) is 7.67. The van der Waals surface area contributed by atoms with Crippen molar-refractivity contribution in [3.63, 3.8) is 0 Å². The van der Waals surface area contributed by atoms with Gasteiger partial charge in [-0.25, -0.2) is 0 Å². The number of nitrogens with one attached hydrogen (secondary N) is 1. The zero-order valence-electron chi connectivity index (χ0n) is 12.4. The Hall–Kier alpha value is -1.55.